The number of nitrogens with two attached hydrogens (primary N) is 1. The highest BCUT2D eigenvalue weighted by Gasteiger charge is 2.28. The summed E-state index contributed by atoms with van der Waals surface area (Å²) in [5.41, 5.74) is 5.87. The smallest absolute Gasteiger partial charge is 0.228 e. The van der Waals surface area contributed by atoms with Crippen LogP contribution in [0.4, 0.5) is 0 Å². The number of hydrogen-bond acceptors (Lipinski definition) is 3. The Balaban J connectivity index is 1.88. The summed E-state index contributed by atoms with van der Waals surface area (Å²) < 4.78 is 5.34. The third kappa shape index (κ3) is 2.69. The number of hydrogen-bond donors (Lipinski definition) is 1. The average Bonchev–Trinajstić information content (AvgIpc) is 2.29. The summed E-state index contributed by atoms with van der Waals surface area (Å²) in [7, 11) is 0. The molecule has 4 nitrogen and oxygen atoms in total. The fraction of sp³-hybridized carbons (Fsp3) is 0.909. The average molecular weight is 212 g/mol. The minimum atomic E-state index is 0.0871. The quantitative estimate of drug-likeness (QED) is 0.683. The third-order valence-electron chi connectivity index (χ3n) is 3.28. The van der Waals surface area contributed by atoms with Crippen LogP contribution in [0.5, 0.6) is 0 Å². The molecule has 0 aromatic heterocycles. The van der Waals surface area contributed by atoms with Crippen LogP contribution in [0, 0.1) is 5.92 Å². The van der Waals surface area contributed by atoms with Crippen molar-refractivity contribution in [3.05, 3.63) is 0 Å². The predicted molar refractivity (Wildman–Crippen MR) is 57.3 cm³/mol. The fourth-order valence-electron chi connectivity index (χ4n) is 2.40. The van der Waals surface area contributed by atoms with Crippen molar-refractivity contribution in [1.29, 1.82) is 0 Å². The molecule has 0 aliphatic carbocycles. The topological polar surface area (TPSA) is 55.6 Å². The van der Waals surface area contributed by atoms with Crippen molar-refractivity contribution in [3.63, 3.8) is 0 Å². The number of carbonyl (C=O) groups excluding carboxylic acids is 1. The summed E-state index contributed by atoms with van der Waals surface area (Å²) in [5, 5.41) is 0. The zero-order chi connectivity index (χ0) is 10.7. The van der Waals surface area contributed by atoms with E-state index in [4.69, 9.17) is 10.5 Å². The summed E-state index contributed by atoms with van der Waals surface area (Å²) in [6.45, 7) is 3.02. The molecule has 1 unspecified atom stereocenters. The van der Waals surface area contributed by atoms with E-state index in [0.29, 0.717) is 6.61 Å². The Morgan fingerprint density at radius 1 is 1.33 bits per heavy atom. The summed E-state index contributed by atoms with van der Waals surface area (Å²) in [6.07, 6.45) is 4.08. The van der Waals surface area contributed by atoms with E-state index in [-0.39, 0.29) is 17.9 Å². The van der Waals surface area contributed by atoms with Crippen LogP contribution in [0.3, 0.4) is 0 Å². The van der Waals surface area contributed by atoms with Crippen molar-refractivity contribution >= 4 is 5.91 Å². The van der Waals surface area contributed by atoms with Crippen LogP contribution >= 0.6 is 0 Å². The van der Waals surface area contributed by atoms with Crippen LogP contribution in [0.1, 0.15) is 25.7 Å². The first-order chi connectivity index (χ1) is 7.27. The van der Waals surface area contributed by atoms with E-state index in [1.807, 2.05) is 4.90 Å². The molecule has 2 saturated heterocycles. The van der Waals surface area contributed by atoms with Crippen molar-refractivity contribution in [2.24, 2.45) is 11.7 Å². The number of piperidine rings is 1. The van der Waals surface area contributed by atoms with Crippen molar-refractivity contribution in [2.75, 3.05) is 26.3 Å². The van der Waals surface area contributed by atoms with Gasteiger partial charge in [0.05, 0.1) is 12.5 Å². The van der Waals surface area contributed by atoms with Crippen molar-refractivity contribution in [3.8, 4) is 0 Å². The molecule has 2 aliphatic rings. The number of amides is 1. The number of ether oxygens (including phenoxy) is 1. The number of rotatable bonds is 1. The summed E-state index contributed by atoms with van der Waals surface area (Å²) in [4.78, 5) is 14.0. The highest BCUT2D eigenvalue weighted by molar-refractivity contribution is 5.79. The first-order valence-corrected chi connectivity index (χ1v) is 5.89. The van der Waals surface area contributed by atoms with Crippen LogP contribution < -0.4 is 5.73 Å². The molecule has 2 atom stereocenters. The van der Waals surface area contributed by atoms with Crippen LogP contribution in [-0.4, -0.2) is 43.2 Å². The molecular weight excluding hydrogens is 192 g/mol. The monoisotopic (exact) mass is 212 g/mol. The molecule has 0 saturated carbocycles. The van der Waals surface area contributed by atoms with Gasteiger partial charge in [-0.05, 0) is 25.7 Å². The molecular formula is C11H20N2O2. The van der Waals surface area contributed by atoms with Gasteiger partial charge in [-0.1, -0.05) is 0 Å². The van der Waals surface area contributed by atoms with E-state index in [9.17, 15) is 4.79 Å². The first-order valence-electron chi connectivity index (χ1n) is 5.89. The summed E-state index contributed by atoms with van der Waals surface area (Å²) in [5.74, 6) is 0.342. The van der Waals surface area contributed by atoms with Gasteiger partial charge in [0.25, 0.3) is 0 Å². The Labute approximate surface area is 90.8 Å². The standard InChI is InChI=1S/C11H20N2O2/c12-10-4-1-5-13(7-10)11(14)9-3-2-6-15-8-9/h9-10H,1-8,12H2/t9?,10-/m1/s1. The molecule has 2 aliphatic heterocycles. The molecule has 15 heavy (non-hydrogen) atoms. The minimum Gasteiger partial charge on any atom is -0.381 e. The Morgan fingerprint density at radius 3 is 2.87 bits per heavy atom. The maximum Gasteiger partial charge on any atom is 0.228 e. The molecule has 0 spiro atoms. The molecule has 0 aromatic rings. The van der Waals surface area contributed by atoms with Gasteiger partial charge in [0.1, 0.15) is 0 Å². The third-order valence-corrected chi connectivity index (χ3v) is 3.28. The van der Waals surface area contributed by atoms with Crippen molar-refractivity contribution in [2.45, 2.75) is 31.7 Å². The van der Waals surface area contributed by atoms with Crippen LogP contribution in [0.15, 0.2) is 0 Å². The lowest BCUT2D eigenvalue weighted by molar-refractivity contribution is -0.140. The molecule has 2 rings (SSSR count). The van der Waals surface area contributed by atoms with E-state index in [1.165, 1.54) is 0 Å². The van der Waals surface area contributed by atoms with E-state index in [2.05, 4.69) is 0 Å². The van der Waals surface area contributed by atoms with Crippen LogP contribution in [0.25, 0.3) is 0 Å². The molecule has 0 bridgehead atoms. The predicted octanol–water partition coefficient (Wildman–Crippen LogP) is 0.363. The van der Waals surface area contributed by atoms with Gasteiger partial charge >= 0.3 is 0 Å². The van der Waals surface area contributed by atoms with Crippen molar-refractivity contribution < 1.29 is 9.53 Å². The van der Waals surface area contributed by atoms with Gasteiger partial charge in [-0.2, -0.15) is 0 Å². The normalized spacial score (nSPS) is 32.7. The Hall–Kier alpha value is -0.610. The second-order valence-electron chi connectivity index (χ2n) is 4.60. The second kappa shape index (κ2) is 4.94. The number of carbonyl (C=O) groups is 1. The Bertz CT molecular complexity index is 227. The molecule has 1 amide bonds. The molecule has 4 heteroatoms. The van der Waals surface area contributed by atoms with Crippen LogP contribution in [0.2, 0.25) is 0 Å². The lowest BCUT2D eigenvalue weighted by atomic mass is 9.98. The molecule has 2 heterocycles. The van der Waals surface area contributed by atoms with Gasteiger partial charge in [-0.3, -0.25) is 4.79 Å². The molecule has 0 aromatic carbocycles. The molecule has 2 fully saturated rings. The molecule has 86 valence electrons. The Kier molecular flexibility index (Phi) is 3.59. The zero-order valence-electron chi connectivity index (χ0n) is 9.15. The van der Waals surface area contributed by atoms with Gasteiger partial charge in [-0.25, -0.2) is 0 Å². The number of nitrogens with zero attached hydrogens (tertiary/aromatic N) is 1. The van der Waals surface area contributed by atoms with Gasteiger partial charge < -0.3 is 15.4 Å². The second-order valence-corrected chi connectivity index (χ2v) is 4.60. The van der Waals surface area contributed by atoms with E-state index < -0.39 is 0 Å². The lowest BCUT2D eigenvalue weighted by Crippen LogP contribution is -2.48. The van der Waals surface area contributed by atoms with Crippen LogP contribution in [-0.2, 0) is 9.53 Å². The van der Waals surface area contributed by atoms with Gasteiger partial charge in [0.2, 0.25) is 5.91 Å². The Morgan fingerprint density at radius 2 is 2.20 bits per heavy atom. The lowest BCUT2D eigenvalue weighted by Gasteiger charge is -2.34. The van der Waals surface area contributed by atoms with Crippen molar-refractivity contribution in [1.82, 2.24) is 4.90 Å². The summed E-state index contributed by atoms with van der Waals surface area (Å²) >= 11 is 0. The largest absolute Gasteiger partial charge is 0.381 e. The highest BCUT2D eigenvalue weighted by Crippen LogP contribution is 2.18. The minimum absolute atomic E-state index is 0.0871. The first kappa shape index (κ1) is 10.9. The highest BCUT2D eigenvalue weighted by atomic mass is 16.5. The fourth-order valence-corrected chi connectivity index (χ4v) is 2.40. The summed E-state index contributed by atoms with van der Waals surface area (Å²) in [6, 6.07) is 0.173. The van der Waals surface area contributed by atoms with E-state index in [0.717, 1.165) is 45.4 Å². The number of likely N-dealkylation sites (tertiary alicyclic amines) is 1. The maximum atomic E-state index is 12.1. The SMILES string of the molecule is N[C@@H]1CCCN(C(=O)C2CCCOC2)C1. The van der Waals surface area contributed by atoms with E-state index in [1.54, 1.807) is 0 Å². The van der Waals surface area contributed by atoms with E-state index >= 15 is 0 Å². The van der Waals surface area contributed by atoms with Gasteiger partial charge in [0.15, 0.2) is 0 Å². The van der Waals surface area contributed by atoms with Gasteiger partial charge in [0, 0.05) is 25.7 Å². The maximum absolute atomic E-state index is 12.1. The molecule has 2 N–H and O–H groups in total. The zero-order valence-corrected chi connectivity index (χ0v) is 9.15. The molecule has 0 radical (unpaired) electrons. The van der Waals surface area contributed by atoms with Gasteiger partial charge in [-0.15, -0.1) is 0 Å².